The highest BCUT2D eigenvalue weighted by atomic mass is 35.5. The van der Waals surface area contributed by atoms with Crippen molar-refractivity contribution < 1.29 is 4.98 Å². The van der Waals surface area contributed by atoms with Crippen LogP contribution in [0.1, 0.15) is 5.69 Å². The van der Waals surface area contributed by atoms with E-state index < -0.39 is 0 Å². The van der Waals surface area contributed by atoms with Crippen LogP contribution in [0.4, 0.5) is 0 Å². The molecule has 3 heteroatoms. The molecule has 0 saturated carbocycles. The number of rotatable bonds is 1. The monoisotopic (exact) mass is 214 g/mol. The van der Waals surface area contributed by atoms with Crippen LogP contribution in [0, 0.1) is 0 Å². The summed E-state index contributed by atoms with van der Waals surface area (Å²) in [4.78, 5) is 3.24. The molecule has 2 rings (SSSR count). The van der Waals surface area contributed by atoms with Gasteiger partial charge in [0.05, 0.1) is 0 Å². The third kappa shape index (κ3) is 2.11. The van der Waals surface area contributed by atoms with E-state index in [1.54, 1.807) is 0 Å². The van der Waals surface area contributed by atoms with Crippen LogP contribution in [0.2, 0.25) is 0 Å². The number of benzene rings is 1. The zero-order valence-corrected chi connectivity index (χ0v) is 8.53. The van der Waals surface area contributed by atoms with Crippen LogP contribution in [-0.4, -0.2) is 0 Å². The predicted molar refractivity (Wildman–Crippen MR) is 57.3 cm³/mol. The van der Waals surface area contributed by atoms with Gasteiger partial charge in [0.15, 0.2) is 5.69 Å². The van der Waals surface area contributed by atoms with Gasteiger partial charge in [0, 0.05) is 17.5 Å². The highest BCUT2D eigenvalue weighted by molar-refractivity contribution is 6.16. The number of alkyl halides is 1. The van der Waals surface area contributed by atoms with E-state index in [0.717, 1.165) is 11.2 Å². The van der Waals surface area contributed by atoms with Crippen LogP contribution in [0.25, 0.3) is 10.9 Å². The maximum Gasteiger partial charge on any atom is 0.211 e. The summed E-state index contributed by atoms with van der Waals surface area (Å²) in [6, 6.07) is 12.2. The summed E-state index contributed by atoms with van der Waals surface area (Å²) in [6.45, 7) is 0. The van der Waals surface area contributed by atoms with E-state index in [1.165, 1.54) is 5.39 Å². The lowest BCUT2D eigenvalue weighted by Gasteiger charge is -1.91. The highest BCUT2D eigenvalue weighted by Crippen LogP contribution is 2.08. The molecule has 1 N–H and O–H groups in total. The number of aromatic nitrogens is 1. The number of halogens is 2. The van der Waals surface area contributed by atoms with E-state index in [2.05, 4.69) is 17.1 Å². The molecule has 1 heterocycles. The number of aromatic amines is 1. The maximum atomic E-state index is 5.70. The molecule has 0 spiro atoms. The van der Waals surface area contributed by atoms with Gasteiger partial charge in [-0.1, -0.05) is 12.1 Å². The van der Waals surface area contributed by atoms with Gasteiger partial charge in [-0.15, -0.1) is 24.0 Å². The zero-order chi connectivity index (χ0) is 8.39. The Bertz CT molecular complexity index is 401. The van der Waals surface area contributed by atoms with E-state index in [4.69, 9.17) is 11.6 Å². The summed E-state index contributed by atoms with van der Waals surface area (Å²) in [5.41, 5.74) is 2.19. The van der Waals surface area contributed by atoms with Crippen molar-refractivity contribution in [3.05, 3.63) is 42.1 Å². The van der Waals surface area contributed by atoms with Crippen molar-refractivity contribution in [2.24, 2.45) is 0 Å². The van der Waals surface area contributed by atoms with Gasteiger partial charge in [-0.25, -0.2) is 4.98 Å². The number of nitrogens with one attached hydrogen (secondary N) is 1. The number of hydrogen-bond donors (Lipinski definition) is 0. The molecule has 0 aliphatic heterocycles. The molecular formula is C10H10Cl2N+. The molecule has 68 valence electrons. The lowest BCUT2D eigenvalue weighted by atomic mass is 10.2. The minimum Gasteiger partial charge on any atom is -0.207 e. The van der Waals surface area contributed by atoms with Crippen molar-refractivity contribution in [3.63, 3.8) is 0 Å². The molecule has 0 unspecified atom stereocenters. The maximum absolute atomic E-state index is 5.70. The van der Waals surface area contributed by atoms with E-state index in [1.807, 2.05) is 24.3 Å². The first kappa shape index (κ1) is 10.3. The summed E-state index contributed by atoms with van der Waals surface area (Å²) >= 11 is 5.70. The van der Waals surface area contributed by atoms with Gasteiger partial charge in [-0.2, -0.15) is 0 Å². The summed E-state index contributed by atoms with van der Waals surface area (Å²) in [5, 5.41) is 1.21. The van der Waals surface area contributed by atoms with Gasteiger partial charge in [-0.3, -0.25) is 0 Å². The fourth-order valence-electron chi connectivity index (χ4n) is 1.24. The topological polar surface area (TPSA) is 14.1 Å². The summed E-state index contributed by atoms with van der Waals surface area (Å²) in [6.07, 6.45) is 0. The molecule has 0 aliphatic carbocycles. The number of fused-ring (bicyclic) bond motifs is 1. The van der Waals surface area contributed by atoms with Crippen LogP contribution >= 0.6 is 24.0 Å². The second-order valence-corrected chi connectivity index (χ2v) is 2.97. The number of hydrogen-bond acceptors (Lipinski definition) is 0. The van der Waals surface area contributed by atoms with E-state index >= 15 is 0 Å². The molecule has 1 nitrogen and oxygen atoms in total. The first-order chi connectivity index (χ1) is 5.90. The second-order valence-electron chi connectivity index (χ2n) is 2.70. The summed E-state index contributed by atoms with van der Waals surface area (Å²) in [5.74, 6) is 0.533. The molecule has 0 radical (unpaired) electrons. The molecule has 1 aromatic carbocycles. The van der Waals surface area contributed by atoms with Crippen molar-refractivity contribution in [3.8, 4) is 0 Å². The zero-order valence-electron chi connectivity index (χ0n) is 6.96. The standard InChI is InChI=1S/C10H8ClN.ClH/c11-7-9-6-5-8-3-1-2-4-10(8)12-9;/h1-6H,7H2;1H/p+1. The average molecular weight is 215 g/mol. The van der Waals surface area contributed by atoms with E-state index in [-0.39, 0.29) is 12.4 Å². The lowest BCUT2D eigenvalue weighted by Crippen LogP contribution is -2.09. The molecule has 0 aliphatic rings. The molecule has 13 heavy (non-hydrogen) atoms. The van der Waals surface area contributed by atoms with Crippen molar-refractivity contribution in [2.45, 2.75) is 5.88 Å². The Balaban J connectivity index is 0.000000845. The molecule has 0 amide bonds. The SMILES string of the molecule is Cl.ClCc1ccc2ccccc2[nH+]1. The minimum atomic E-state index is 0. The third-order valence-corrected chi connectivity index (χ3v) is 2.15. The third-order valence-electron chi connectivity index (χ3n) is 1.86. The van der Waals surface area contributed by atoms with E-state index in [0.29, 0.717) is 5.88 Å². The van der Waals surface area contributed by atoms with Crippen LogP contribution in [0.5, 0.6) is 0 Å². The van der Waals surface area contributed by atoms with Gasteiger partial charge < -0.3 is 0 Å². The summed E-state index contributed by atoms with van der Waals surface area (Å²) in [7, 11) is 0. The van der Waals surface area contributed by atoms with Gasteiger partial charge in [0.2, 0.25) is 5.52 Å². The number of pyridine rings is 1. The average Bonchev–Trinajstić information content (AvgIpc) is 2.17. The molecular weight excluding hydrogens is 205 g/mol. The van der Waals surface area contributed by atoms with Gasteiger partial charge in [0.1, 0.15) is 5.88 Å². The lowest BCUT2D eigenvalue weighted by molar-refractivity contribution is -0.355. The second kappa shape index (κ2) is 4.45. The largest absolute Gasteiger partial charge is 0.211 e. The van der Waals surface area contributed by atoms with Crippen molar-refractivity contribution in [2.75, 3.05) is 0 Å². The normalized spacial score (nSPS) is 9.62. The van der Waals surface area contributed by atoms with E-state index in [9.17, 15) is 0 Å². The molecule has 2 aromatic rings. The smallest absolute Gasteiger partial charge is 0.207 e. The predicted octanol–water partition coefficient (Wildman–Crippen LogP) is 2.81. The molecule has 1 aromatic heterocycles. The van der Waals surface area contributed by atoms with Gasteiger partial charge in [0.25, 0.3) is 0 Å². The molecule has 0 saturated heterocycles. The Morgan fingerprint density at radius 2 is 1.85 bits per heavy atom. The van der Waals surface area contributed by atoms with Crippen LogP contribution in [0.3, 0.4) is 0 Å². The minimum absolute atomic E-state index is 0. The fourth-order valence-corrected chi connectivity index (χ4v) is 1.40. The molecule has 0 fully saturated rings. The molecule has 0 bridgehead atoms. The fraction of sp³-hybridized carbons (Fsp3) is 0.100. The Morgan fingerprint density at radius 3 is 2.62 bits per heavy atom. The van der Waals surface area contributed by atoms with Gasteiger partial charge >= 0.3 is 0 Å². The number of H-pyrrole nitrogens is 1. The first-order valence-electron chi connectivity index (χ1n) is 3.86. The van der Waals surface area contributed by atoms with Crippen molar-refractivity contribution in [1.82, 2.24) is 0 Å². The Kier molecular flexibility index (Phi) is 3.52. The van der Waals surface area contributed by atoms with Crippen LogP contribution in [-0.2, 0) is 5.88 Å². The van der Waals surface area contributed by atoms with Gasteiger partial charge in [-0.05, 0) is 12.1 Å². The molecule has 0 atom stereocenters. The van der Waals surface area contributed by atoms with Crippen LogP contribution < -0.4 is 4.98 Å². The Morgan fingerprint density at radius 1 is 1.08 bits per heavy atom. The van der Waals surface area contributed by atoms with Crippen LogP contribution in [0.15, 0.2) is 36.4 Å². The van der Waals surface area contributed by atoms with Crippen molar-refractivity contribution in [1.29, 1.82) is 0 Å². The Labute approximate surface area is 88.2 Å². The first-order valence-corrected chi connectivity index (χ1v) is 4.39. The highest BCUT2D eigenvalue weighted by Gasteiger charge is 2.01. The quantitative estimate of drug-likeness (QED) is 0.649. The number of para-hydroxylation sites is 1. The Hall–Kier alpha value is -0.790. The van der Waals surface area contributed by atoms with Crippen molar-refractivity contribution >= 4 is 34.9 Å². The summed E-state index contributed by atoms with van der Waals surface area (Å²) < 4.78 is 0.